The standard InChI is InChI=1S/C17H26O2/c1-12-8-9-14(10-13(12)2)17(18)16-7-5-4-6-15(16)11-19-3/h4-7,12-14,17-18H,8-11H2,1-3H3. The first-order valence-corrected chi connectivity index (χ1v) is 7.38. The summed E-state index contributed by atoms with van der Waals surface area (Å²) in [6, 6.07) is 8.11. The van der Waals surface area contributed by atoms with E-state index < -0.39 is 0 Å². The van der Waals surface area contributed by atoms with Crippen LogP contribution < -0.4 is 0 Å². The van der Waals surface area contributed by atoms with E-state index >= 15 is 0 Å². The quantitative estimate of drug-likeness (QED) is 0.890. The maximum atomic E-state index is 10.7. The Labute approximate surface area is 116 Å². The lowest BCUT2D eigenvalue weighted by atomic mass is 9.72. The van der Waals surface area contributed by atoms with Crippen molar-refractivity contribution in [3.05, 3.63) is 35.4 Å². The van der Waals surface area contributed by atoms with Crippen LogP contribution in [0.1, 0.15) is 50.3 Å². The Bertz CT molecular complexity index is 402. The van der Waals surface area contributed by atoms with Gasteiger partial charge in [0.15, 0.2) is 0 Å². The molecule has 106 valence electrons. The first-order valence-electron chi connectivity index (χ1n) is 7.38. The van der Waals surface area contributed by atoms with E-state index in [0.717, 1.165) is 29.9 Å². The average molecular weight is 262 g/mol. The van der Waals surface area contributed by atoms with Crippen molar-refractivity contribution in [2.75, 3.05) is 7.11 Å². The third-order valence-corrected chi connectivity index (χ3v) is 4.76. The fraction of sp³-hybridized carbons (Fsp3) is 0.647. The van der Waals surface area contributed by atoms with Crippen LogP contribution in [0.15, 0.2) is 24.3 Å². The Morgan fingerprint density at radius 3 is 2.63 bits per heavy atom. The van der Waals surface area contributed by atoms with E-state index in [1.54, 1.807) is 7.11 Å². The molecule has 1 fully saturated rings. The molecule has 1 saturated carbocycles. The molecule has 0 amide bonds. The summed E-state index contributed by atoms with van der Waals surface area (Å²) in [6.45, 7) is 5.21. The van der Waals surface area contributed by atoms with Crippen LogP contribution in [0.4, 0.5) is 0 Å². The molecule has 0 aromatic heterocycles. The third kappa shape index (κ3) is 3.37. The number of hydrogen-bond acceptors (Lipinski definition) is 2. The molecule has 2 rings (SSSR count). The van der Waals surface area contributed by atoms with Gasteiger partial charge in [0, 0.05) is 7.11 Å². The molecular formula is C17H26O2. The van der Waals surface area contributed by atoms with Crippen LogP contribution in [-0.2, 0) is 11.3 Å². The van der Waals surface area contributed by atoms with E-state index in [9.17, 15) is 5.11 Å². The van der Waals surface area contributed by atoms with Gasteiger partial charge in [0.1, 0.15) is 0 Å². The van der Waals surface area contributed by atoms with Gasteiger partial charge in [-0.25, -0.2) is 0 Å². The first-order chi connectivity index (χ1) is 9.13. The molecule has 1 aliphatic carbocycles. The zero-order chi connectivity index (χ0) is 13.8. The van der Waals surface area contributed by atoms with Crippen molar-refractivity contribution >= 4 is 0 Å². The number of methoxy groups -OCH3 is 1. The Hall–Kier alpha value is -0.860. The van der Waals surface area contributed by atoms with E-state index in [1.807, 2.05) is 18.2 Å². The van der Waals surface area contributed by atoms with Crippen molar-refractivity contribution < 1.29 is 9.84 Å². The molecule has 0 saturated heterocycles. The van der Waals surface area contributed by atoms with Gasteiger partial charge < -0.3 is 9.84 Å². The van der Waals surface area contributed by atoms with Gasteiger partial charge in [-0.1, -0.05) is 44.5 Å². The molecule has 4 atom stereocenters. The van der Waals surface area contributed by atoms with E-state index in [0.29, 0.717) is 18.4 Å². The summed E-state index contributed by atoms with van der Waals surface area (Å²) in [5.41, 5.74) is 2.17. The summed E-state index contributed by atoms with van der Waals surface area (Å²) in [7, 11) is 1.70. The van der Waals surface area contributed by atoms with Gasteiger partial charge in [-0.05, 0) is 41.7 Å². The van der Waals surface area contributed by atoms with Crippen molar-refractivity contribution in [1.29, 1.82) is 0 Å². The SMILES string of the molecule is COCc1ccccc1C(O)C1CCC(C)C(C)C1. The minimum Gasteiger partial charge on any atom is -0.388 e. The number of benzene rings is 1. The predicted octanol–water partition coefficient (Wildman–Crippen LogP) is 3.94. The second-order valence-corrected chi connectivity index (χ2v) is 6.10. The molecular weight excluding hydrogens is 236 g/mol. The Balaban J connectivity index is 2.13. The summed E-state index contributed by atoms with van der Waals surface area (Å²) in [6.07, 6.45) is 3.15. The first kappa shape index (κ1) is 14.5. The van der Waals surface area contributed by atoms with E-state index in [4.69, 9.17) is 4.74 Å². The molecule has 2 nitrogen and oxygen atoms in total. The summed E-state index contributed by atoms with van der Waals surface area (Å²) >= 11 is 0. The van der Waals surface area contributed by atoms with E-state index in [-0.39, 0.29) is 6.10 Å². The lowest BCUT2D eigenvalue weighted by Crippen LogP contribution is -2.25. The Morgan fingerprint density at radius 1 is 1.21 bits per heavy atom. The lowest BCUT2D eigenvalue weighted by molar-refractivity contribution is 0.0540. The Morgan fingerprint density at radius 2 is 1.95 bits per heavy atom. The topological polar surface area (TPSA) is 29.5 Å². The predicted molar refractivity (Wildman–Crippen MR) is 77.8 cm³/mol. The van der Waals surface area contributed by atoms with E-state index in [2.05, 4.69) is 19.9 Å². The van der Waals surface area contributed by atoms with Crippen molar-refractivity contribution in [3.63, 3.8) is 0 Å². The normalized spacial score (nSPS) is 29.2. The molecule has 1 aromatic rings. The zero-order valence-electron chi connectivity index (χ0n) is 12.3. The second kappa shape index (κ2) is 6.53. The summed E-state index contributed by atoms with van der Waals surface area (Å²) < 4.78 is 5.23. The monoisotopic (exact) mass is 262 g/mol. The van der Waals surface area contributed by atoms with Crippen molar-refractivity contribution in [2.24, 2.45) is 17.8 Å². The van der Waals surface area contributed by atoms with Gasteiger partial charge in [-0.2, -0.15) is 0 Å². The van der Waals surface area contributed by atoms with Gasteiger partial charge in [0.05, 0.1) is 12.7 Å². The minimum absolute atomic E-state index is 0.346. The largest absolute Gasteiger partial charge is 0.388 e. The Kier molecular flexibility index (Phi) is 5.00. The van der Waals surface area contributed by atoms with Gasteiger partial charge in [-0.15, -0.1) is 0 Å². The van der Waals surface area contributed by atoms with Crippen LogP contribution in [0.5, 0.6) is 0 Å². The maximum Gasteiger partial charge on any atom is 0.0821 e. The van der Waals surface area contributed by atoms with Crippen molar-refractivity contribution in [2.45, 2.75) is 45.8 Å². The van der Waals surface area contributed by atoms with Crippen LogP contribution in [0.2, 0.25) is 0 Å². The average Bonchev–Trinajstić information content (AvgIpc) is 2.42. The molecule has 0 aliphatic heterocycles. The highest BCUT2D eigenvalue weighted by atomic mass is 16.5. The molecule has 0 bridgehead atoms. The molecule has 4 unspecified atom stereocenters. The van der Waals surface area contributed by atoms with Crippen molar-refractivity contribution in [1.82, 2.24) is 0 Å². The molecule has 0 heterocycles. The van der Waals surface area contributed by atoms with Crippen LogP contribution in [0, 0.1) is 17.8 Å². The highest BCUT2D eigenvalue weighted by molar-refractivity contribution is 5.29. The highest BCUT2D eigenvalue weighted by Gasteiger charge is 2.30. The number of hydrogen-bond donors (Lipinski definition) is 1. The molecule has 1 N–H and O–H groups in total. The van der Waals surface area contributed by atoms with Crippen molar-refractivity contribution in [3.8, 4) is 0 Å². The molecule has 1 aromatic carbocycles. The number of aliphatic hydroxyl groups is 1. The van der Waals surface area contributed by atoms with Crippen LogP contribution in [-0.4, -0.2) is 12.2 Å². The van der Waals surface area contributed by atoms with Gasteiger partial charge in [0.25, 0.3) is 0 Å². The smallest absolute Gasteiger partial charge is 0.0821 e. The molecule has 0 spiro atoms. The summed E-state index contributed by atoms with van der Waals surface area (Å²) in [5, 5.41) is 10.7. The summed E-state index contributed by atoms with van der Waals surface area (Å²) in [4.78, 5) is 0. The molecule has 0 radical (unpaired) electrons. The van der Waals surface area contributed by atoms with Gasteiger partial charge in [-0.3, -0.25) is 0 Å². The van der Waals surface area contributed by atoms with Crippen LogP contribution in [0.25, 0.3) is 0 Å². The van der Waals surface area contributed by atoms with Crippen LogP contribution in [0.3, 0.4) is 0 Å². The number of ether oxygens (including phenoxy) is 1. The minimum atomic E-state index is -0.346. The highest BCUT2D eigenvalue weighted by Crippen LogP contribution is 2.40. The zero-order valence-corrected chi connectivity index (χ0v) is 12.3. The molecule has 19 heavy (non-hydrogen) atoms. The maximum absolute atomic E-state index is 10.7. The van der Waals surface area contributed by atoms with Gasteiger partial charge in [0.2, 0.25) is 0 Å². The third-order valence-electron chi connectivity index (χ3n) is 4.76. The fourth-order valence-electron chi connectivity index (χ4n) is 3.24. The lowest BCUT2D eigenvalue weighted by Gasteiger charge is -2.35. The van der Waals surface area contributed by atoms with Crippen LogP contribution >= 0.6 is 0 Å². The summed E-state index contributed by atoms with van der Waals surface area (Å²) in [5.74, 6) is 1.89. The number of rotatable bonds is 4. The number of aliphatic hydroxyl groups excluding tert-OH is 1. The molecule has 2 heteroatoms. The molecule has 1 aliphatic rings. The second-order valence-electron chi connectivity index (χ2n) is 6.10. The fourth-order valence-corrected chi connectivity index (χ4v) is 3.24. The van der Waals surface area contributed by atoms with E-state index in [1.165, 1.54) is 6.42 Å². The van der Waals surface area contributed by atoms with Gasteiger partial charge >= 0.3 is 0 Å².